The third-order valence-electron chi connectivity index (χ3n) is 11.0. The summed E-state index contributed by atoms with van der Waals surface area (Å²) in [5, 5.41) is 15.9. The number of rotatable bonds is 21. The van der Waals surface area contributed by atoms with Gasteiger partial charge in [-0.2, -0.15) is 0 Å². The van der Waals surface area contributed by atoms with Crippen LogP contribution in [0.1, 0.15) is 131 Å². The van der Waals surface area contributed by atoms with Gasteiger partial charge in [-0.3, -0.25) is 19.4 Å². The minimum atomic E-state index is -1.23. The molecule has 1 aromatic heterocycles. The summed E-state index contributed by atoms with van der Waals surface area (Å²) in [5.41, 5.74) is -0.973. The highest BCUT2D eigenvalue weighted by Crippen LogP contribution is 2.29. The molecular weight excluding hydrogens is 885 g/mol. The van der Waals surface area contributed by atoms with Crippen LogP contribution in [0.3, 0.4) is 0 Å². The number of amides is 5. The molecule has 0 spiro atoms. The number of benzene rings is 2. The molecule has 0 unspecified atom stereocenters. The SMILES string of the molecule is CC(C)(C)OC(=O)CC[C@H](NC(=O)N[C@@H](CCCCNC(=O)[C@H](Cc1cc2ccccc2cn1)NC(=O)C1CCC(CNC(=O)OCc2ccccc2)CC1)C(=O)OC(C)(C)C)C(=O)OC(C)(C)C. The number of hydrogen-bond donors (Lipinski definition) is 5. The van der Waals surface area contributed by atoms with Gasteiger partial charge in [0.15, 0.2) is 0 Å². The molecule has 69 heavy (non-hydrogen) atoms. The number of nitrogens with one attached hydrogen (secondary N) is 5. The molecule has 5 amide bonds. The quantitative estimate of drug-likeness (QED) is 0.0408. The summed E-state index contributed by atoms with van der Waals surface area (Å²) < 4.78 is 21.9. The summed E-state index contributed by atoms with van der Waals surface area (Å²) in [7, 11) is 0. The smallest absolute Gasteiger partial charge is 0.407 e. The predicted octanol–water partition coefficient (Wildman–Crippen LogP) is 7.12. The van der Waals surface area contributed by atoms with Gasteiger partial charge in [0.25, 0.3) is 0 Å². The number of aromatic nitrogens is 1. The number of fused-ring (bicyclic) bond motifs is 1. The van der Waals surface area contributed by atoms with Crippen LogP contribution in [0.4, 0.5) is 9.59 Å². The van der Waals surface area contributed by atoms with Crippen LogP contribution in [-0.2, 0) is 55.9 Å². The van der Waals surface area contributed by atoms with Gasteiger partial charge in [0.2, 0.25) is 11.8 Å². The molecule has 1 heterocycles. The molecule has 3 atom stereocenters. The van der Waals surface area contributed by atoms with Crippen molar-refractivity contribution in [1.29, 1.82) is 0 Å². The molecule has 17 heteroatoms. The van der Waals surface area contributed by atoms with Gasteiger partial charge < -0.3 is 45.5 Å². The van der Waals surface area contributed by atoms with Crippen molar-refractivity contribution >= 4 is 52.6 Å². The number of pyridine rings is 1. The van der Waals surface area contributed by atoms with Gasteiger partial charge in [-0.05, 0) is 137 Å². The summed E-state index contributed by atoms with van der Waals surface area (Å²) in [6.07, 6.45) is 4.64. The minimum absolute atomic E-state index is 0.110. The molecule has 0 aliphatic heterocycles. The van der Waals surface area contributed by atoms with E-state index in [2.05, 4.69) is 31.6 Å². The number of ether oxygens (including phenoxy) is 4. The van der Waals surface area contributed by atoms with Crippen LogP contribution in [0.5, 0.6) is 0 Å². The average molecular weight is 959 g/mol. The van der Waals surface area contributed by atoms with Crippen LogP contribution in [0, 0.1) is 11.8 Å². The lowest BCUT2D eigenvalue weighted by Crippen LogP contribution is -2.53. The maximum atomic E-state index is 13.9. The average Bonchev–Trinajstić information content (AvgIpc) is 3.26. The fourth-order valence-electron chi connectivity index (χ4n) is 7.64. The number of alkyl carbamates (subject to hydrolysis) is 1. The Hall–Kier alpha value is -6.26. The minimum Gasteiger partial charge on any atom is -0.460 e. The summed E-state index contributed by atoms with van der Waals surface area (Å²) in [6.45, 7) is 16.1. The first-order chi connectivity index (χ1) is 32.4. The molecule has 17 nitrogen and oxygen atoms in total. The molecule has 0 radical (unpaired) electrons. The van der Waals surface area contributed by atoms with E-state index in [0.29, 0.717) is 37.9 Å². The number of nitrogens with zero attached hydrogens (tertiary/aromatic N) is 1. The highest BCUT2D eigenvalue weighted by atomic mass is 16.6. The predicted molar refractivity (Wildman–Crippen MR) is 260 cm³/mol. The van der Waals surface area contributed by atoms with Crippen LogP contribution >= 0.6 is 0 Å². The Morgan fingerprint density at radius 3 is 1.84 bits per heavy atom. The number of hydrogen-bond acceptors (Lipinski definition) is 12. The number of urea groups is 1. The number of unbranched alkanes of at least 4 members (excludes halogenated alkanes) is 1. The second-order valence-corrected chi connectivity index (χ2v) is 20.7. The summed E-state index contributed by atoms with van der Waals surface area (Å²) >= 11 is 0. The monoisotopic (exact) mass is 959 g/mol. The fraction of sp³-hybridized carbons (Fsp3) is 0.577. The molecule has 1 aliphatic rings. The summed E-state index contributed by atoms with van der Waals surface area (Å²) in [6, 6.07) is 14.9. The maximum Gasteiger partial charge on any atom is 0.407 e. The number of carbonyl (C=O) groups is 7. The van der Waals surface area contributed by atoms with Crippen LogP contribution in [0.2, 0.25) is 0 Å². The van der Waals surface area contributed by atoms with Gasteiger partial charge in [-0.25, -0.2) is 19.2 Å². The number of esters is 3. The molecule has 4 rings (SSSR count). The van der Waals surface area contributed by atoms with Gasteiger partial charge in [0.1, 0.15) is 41.5 Å². The standard InChI is InChI=1S/C52H74N6O11/c1-50(2,3)67-43(59)27-26-41(47(63)69-52(7,8)9)58-48(64)57-40(46(62)68-51(4,5)6)21-15-16-28-53-45(61)42(30-39-29-37-19-13-14-20-38(37)32-54-39)56-44(60)36-24-22-34(23-25-36)31-55-49(65)66-33-35-17-11-10-12-18-35/h10-14,17-20,29,32,34,36,40-42H,15-16,21-28,30-31,33H2,1-9H3,(H,53,61)(H,55,65)(H,56,60)(H2,57,58,64)/t34?,36?,40-,41-,42-/m0/s1. The van der Waals surface area contributed by atoms with Crippen LogP contribution in [-0.4, -0.2) is 94.8 Å². The Balaban J connectivity index is 1.34. The molecule has 5 N–H and O–H groups in total. The molecule has 3 aromatic rings. The lowest BCUT2D eigenvalue weighted by molar-refractivity contribution is -0.159. The fourth-order valence-corrected chi connectivity index (χ4v) is 7.64. The molecule has 378 valence electrons. The van der Waals surface area contributed by atoms with Crippen molar-refractivity contribution in [1.82, 2.24) is 31.6 Å². The first-order valence-corrected chi connectivity index (χ1v) is 24.0. The molecule has 2 aromatic carbocycles. The second kappa shape index (κ2) is 25.9. The van der Waals surface area contributed by atoms with Crippen molar-refractivity contribution in [2.75, 3.05) is 13.1 Å². The summed E-state index contributed by atoms with van der Waals surface area (Å²) in [5.74, 6) is -2.76. The zero-order chi connectivity index (χ0) is 50.8. The molecule has 1 saturated carbocycles. The first kappa shape index (κ1) is 55.3. The number of carbonyl (C=O) groups excluding carboxylic acids is 7. The van der Waals surface area contributed by atoms with Crippen molar-refractivity contribution in [3.8, 4) is 0 Å². The Morgan fingerprint density at radius 2 is 1.23 bits per heavy atom. The van der Waals surface area contributed by atoms with E-state index in [0.717, 1.165) is 29.2 Å². The Morgan fingerprint density at radius 1 is 0.652 bits per heavy atom. The lowest BCUT2D eigenvalue weighted by atomic mass is 9.81. The zero-order valence-corrected chi connectivity index (χ0v) is 41.9. The molecule has 1 fully saturated rings. The summed E-state index contributed by atoms with van der Waals surface area (Å²) in [4.78, 5) is 97.0. The maximum absolute atomic E-state index is 13.9. The Bertz CT molecular complexity index is 2190. The molecule has 0 saturated heterocycles. The highest BCUT2D eigenvalue weighted by molar-refractivity contribution is 5.89. The van der Waals surface area contributed by atoms with E-state index in [1.807, 2.05) is 60.7 Å². The molecular formula is C52H74N6O11. The van der Waals surface area contributed by atoms with Gasteiger partial charge in [0, 0.05) is 49.1 Å². The third kappa shape index (κ3) is 21.3. The van der Waals surface area contributed by atoms with E-state index in [-0.39, 0.29) is 56.6 Å². The van der Waals surface area contributed by atoms with Gasteiger partial charge in [-0.1, -0.05) is 54.6 Å². The highest BCUT2D eigenvalue weighted by Gasteiger charge is 2.33. The van der Waals surface area contributed by atoms with Crippen molar-refractivity contribution < 1.29 is 52.5 Å². The van der Waals surface area contributed by atoms with Gasteiger partial charge in [0.05, 0.1) is 0 Å². The van der Waals surface area contributed by atoms with E-state index in [1.165, 1.54) is 0 Å². The third-order valence-corrected chi connectivity index (χ3v) is 11.0. The van der Waals surface area contributed by atoms with Crippen LogP contribution < -0.4 is 26.6 Å². The molecule has 1 aliphatic carbocycles. The van der Waals surface area contributed by atoms with E-state index in [1.54, 1.807) is 68.5 Å². The van der Waals surface area contributed by atoms with Crippen LogP contribution in [0.25, 0.3) is 10.8 Å². The largest absolute Gasteiger partial charge is 0.460 e. The molecule has 0 bridgehead atoms. The van der Waals surface area contributed by atoms with Gasteiger partial charge >= 0.3 is 30.0 Å². The van der Waals surface area contributed by atoms with Crippen molar-refractivity contribution in [2.24, 2.45) is 11.8 Å². The van der Waals surface area contributed by atoms with E-state index >= 15 is 0 Å². The second-order valence-electron chi connectivity index (χ2n) is 20.7. The van der Waals surface area contributed by atoms with Gasteiger partial charge in [-0.15, -0.1) is 0 Å². The van der Waals surface area contributed by atoms with Crippen molar-refractivity contribution in [3.05, 3.63) is 78.1 Å². The Labute approximate surface area is 406 Å². The normalized spacial score (nSPS) is 16.4. The Kier molecular flexibility index (Phi) is 20.8. The topological polar surface area (TPSA) is 229 Å². The van der Waals surface area contributed by atoms with Crippen LogP contribution in [0.15, 0.2) is 66.9 Å². The zero-order valence-electron chi connectivity index (χ0n) is 41.9. The first-order valence-electron chi connectivity index (χ1n) is 24.0. The lowest BCUT2D eigenvalue weighted by Gasteiger charge is -2.29. The van der Waals surface area contributed by atoms with E-state index in [4.69, 9.17) is 18.9 Å². The van der Waals surface area contributed by atoms with Crippen molar-refractivity contribution in [2.45, 2.75) is 168 Å². The van der Waals surface area contributed by atoms with E-state index < -0.39 is 70.9 Å². The van der Waals surface area contributed by atoms with Crippen molar-refractivity contribution in [3.63, 3.8) is 0 Å². The van der Waals surface area contributed by atoms with E-state index in [9.17, 15) is 33.6 Å².